The third kappa shape index (κ3) is 4.44. The van der Waals surface area contributed by atoms with Gasteiger partial charge in [-0.05, 0) is 36.4 Å². The molecule has 0 saturated carbocycles. The minimum atomic E-state index is -0.425. The molecular weight excluding hydrogens is 338 g/mol. The minimum Gasteiger partial charge on any atom is -0.486 e. The van der Waals surface area contributed by atoms with Crippen molar-refractivity contribution in [2.45, 2.75) is 6.10 Å². The number of benzene rings is 2. The number of carbonyl (C=O) groups is 2. The van der Waals surface area contributed by atoms with Crippen molar-refractivity contribution in [3.8, 4) is 17.2 Å². The zero-order chi connectivity index (χ0) is 18.4. The summed E-state index contributed by atoms with van der Waals surface area (Å²) in [6, 6.07) is 13.8. The standard InChI is InChI=1S/C19H19NO6/c1-23-19(22)13-6-8-14(9-7-13)24-12-18(21)20-10-15-11-25-16-4-2-3-5-17(16)26-15/h2-9,15H,10-12H2,1H3,(H,20,21)/t15-/m1/s1. The highest BCUT2D eigenvalue weighted by molar-refractivity contribution is 5.89. The van der Waals surface area contributed by atoms with Crippen LogP contribution in [-0.4, -0.2) is 44.8 Å². The number of hydrogen-bond donors (Lipinski definition) is 1. The van der Waals surface area contributed by atoms with Gasteiger partial charge >= 0.3 is 5.97 Å². The molecule has 2 aromatic rings. The zero-order valence-electron chi connectivity index (χ0n) is 14.3. The lowest BCUT2D eigenvalue weighted by Gasteiger charge is -2.26. The Kier molecular flexibility index (Phi) is 5.58. The Labute approximate surface area is 150 Å². The Morgan fingerprint density at radius 2 is 1.85 bits per heavy atom. The first-order chi connectivity index (χ1) is 12.7. The summed E-state index contributed by atoms with van der Waals surface area (Å²) in [6.07, 6.45) is -0.256. The van der Waals surface area contributed by atoms with Gasteiger partial charge in [0.15, 0.2) is 18.1 Å². The van der Waals surface area contributed by atoms with Gasteiger partial charge in [-0.25, -0.2) is 4.79 Å². The van der Waals surface area contributed by atoms with E-state index in [1.807, 2.05) is 24.3 Å². The minimum absolute atomic E-state index is 0.137. The third-order valence-electron chi connectivity index (χ3n) is 3.74. The predicted octanol–water partition coefficient (Wildman–Crippen LogP) is 1.81. The smallest absolute Gasteiger partial charge is 0.337 e. The quantitative estimate of drug-likeness (QED) is 0.794. The molecule has 0 fully saturated rings. The largest absolute Gasteiger partial charge is 0.486 e. The van der Waals surface area contributed by atoms with Crippen LogP contribution in [0.5, 0.6) is 17.2 Å². The maximum absolute atomic E-state index is 11.9. The lowest BCUT2D eigenvalue weighted by Crippen LogP contribution is -2.42. The number of carbonyl (C=O) groups excluding carboxylic acids is 2. The molecule has 1 N–H and O–H groups in total. The number of hydrogen-bond acceptors (Lipinski definition) is 6. The van der Waals surface area contributed by atoms with Crippen LogP contribution in [0, 0.1) is 0 Å². The van der Waals surface area contributed by atoms with Gasteiger partial charge in [0.25, 0.3) is 5.91 Å². The molecule has 0 saturated heterocycles. The number of esters is 1. The van der Waals surface area contributed by atoms with Gasteiger partial charge in [0, 0.05) is 0 Å². The number of para-hydroxylation sites is 2. The molecular formula is C19H19NO6. The third-order valence-corrected chi connectivity index (χ3v) is 3.74. The van der Waals surface area contributed by atoms with Crippen molar-refractivity contribution in [1.29, 1.82) is 0 Å². The van der Waals surface area contributed by atoms with Crippen LogP contribution < -0.4 is 19.5 Å². The van der Waals surface area contributed by atoms with Gasteiger partial charge in [-0.15, -0.1) is 0 Å². The van der Waals surface area contributed by atoms with Crippen molar-refractivity contribution in [2.75, 3.05) is 26.9 Å². The SMILES string of the molecule is COC(=O)c1ccc(OCC(=O)NC[C@@H]2COc3ccccc3O2)cc1. The van der Waals surface area contributed by atoms with Crippen molar-refractivity contribution in [3.63, 3.8) is 0 Å². The van der Waals surface area contributed by atoms with Gasteiger partial charge < -0.3 is 24.3 Å². The molecule has 0 aromatic heterocycles. The second kappa shape index (κ2) is 8.24. The maximum Gasteiger partial charge on any atom is 0.337 e. The van der Waals surface area contributed by atoms with E-state index in [9.17, 15) is 9.59 Å². The molecule has 1 atom stereocenters. The molecule has 2 aromatic carbocycles. The molecule has 3 rings (SSSR count). The molecule has 1 amide bonds. The number of methoxy groups -OCH3 is 1. The number of amides is 1. The van der Waals surface area contributed by atoms with E-state index in [1.54, 1.807) is 24.3 Å². The van der Waals surface area contributed by atoms with E-state index >= 15 is 0 Å². The van der Waals surface area contributed by atoms with Crippen molar-refractivity contribution >= 4 is 11.9 Å². The van der Waals surface area contributed by atoms with Crippen LogP contribution in [0.1, 0.15) is 10.4 Å². The highest BCUT2D eigenvalue weighted by Gasteiger charge is 2.21. The summed E-state index contributed by atoms with van der Waals surface area (Å²) in [5.41, 5.74) is 0.416. The van der Waals surface area contributed by atoms with Gasteiger partial charge in [0.1, 0.15) is 18.5 Å². The lowest BCUT2D eigenvalue weighted by molar-refractivity contribution is -0.123. The van der Waals surface area contributed by atoms with Crippen molar-refractivity contribution in [2.24, 2.45) is 0 Å². The lowest BCUT2D eigenvalue weighted by atomic mass is 10.2. The Balaban J connectivity index is 1.41. The van der Waals surface area contributed by atoms with E-state index in [2.05, 4.69) is 10.1 Å². The highest BCUT2D eigenvalue weighted by atomic mass is 16.6. The van der Waals surface area contributed by atoms with Gasteiger partial charge in [0.2, 0.25) is 0 Å². The molecule has 26 heavy (non-hydrogen) atoms. The highest BCUT2D eigenvalue weighted by Crippen LogP contribution is 2.30. The van der Waals surface area contributed by atoms with Crippen LogP contribution in [0.25, 0.3) is 0 Å². The summed E-state index contributed by atoms with van der Waals surface area (Å²) in [7, 11) is 1.32. The molecule has 1 aliphatic heterocycles. The second-order valence-corrected chi connectivity index (χ2v) is 5.61. The van der Waals surface area contributed by atoms with Crippen molar-refractivity contribution in [3.05, 3.63) is 54.1 Å². The van der Waals surface area contributed by atoms with Crippen LogP contribution in [-0.2, 0) is 9.53 Å². The Morgan fingerprint density at radius 3 is 2.58 bits per heavy atom. The van der Waals surface area contributed by atoms with Crippen molar-refractivity contribution < 1.29 is 28.5 Å². The summed E-state index contributed by atoms with van der Waals surface area (Å²) < 4.78 is 21.4. The summed E-state index contributed by atoms with van der Waals surface area (Å²) in [5, 5.41) is 2.75. The van der Waals surface area contributed by atoms with E-state index in [0.29, 0.717) is 36.0 Å². The maximum atomic E-state index is 11.9. The van der Waals surface area contributed by atoms with Crippen LogP contribution in [0.15, 0.2) is 48.5 Å². The van der Waals surface area contributed by atoms with Crippen molar-refractivity contribution in [1.82, 2.24) is 5.32 Å². The molecule has 1 heterocycles. The van der Waals surface area contributed by atoms with Gasteiger partial charge in [-0.1, -0.05) is 12.1 Å². The monoisotopic (exact) mass is 357 g/mol. The molecule has 0 aliphatic carbocycles. The van der Waals surface area contributed by atoms with Gasteiger partial charge in [-0.3, -0.25) is 4.79 Å². The average molecular weight is 357 g/mol. The molecule has 136 valence electrons. The summed E-state index contributed by atoms with van der Waals surface area (Å²) in [6.45, 7) is 0.548. The fourth-order valence-corrected chi connectivity index (χ4v) is 2.40. The normalized spacial score (nSPS) is 15.0. The number of rotatable bonds is 6. The van der Waals surface area contributed by atoms with Gasteiger partial charge in [-0.2, -0.15) is 0 Å². The molecule has 0 radical (unpaired) electrons. The summed E-state index contributed by atoms with van der Waals surface area (Å²) in [4.78, 5) is 23.3. The fraction of sp³-hybridized carbons (Fsp3) is 0.263. The summed E-state index contributed by atoms with van der Waals surface area (Å²) >= 11 is 0. The van der Waals surface area contributed by atoms with Crippen LogP contribution >= 0.6 is 0 Å². The summed E-state index contributed by atoms with van der Waals surface area (Å²) in [5.74, 6) is 1.16. The van der Waals surface area contributed by atoms with E-state index in [4.69, 9.17) is 14.2 Å². The molecule has 0 bridgehead atoms. The molecule has 0 spiro atoms. The average Bonchev–Trinajstić information content (AvgIpc) is 2.70. The number of nitrogens with one attached hydrogen (secondary N) is 1. The van der Waals surface area contributed by atoms with Gasteiger partial charge in [0.05, 0.1) is 19.2 Å². The first-order valence-electron chi connectivity index (χ1n) is 8.12. The number of fused-ring (bicyclic) bond motifs is 1. The molecule has 0 unspecified atom stereocenters. The van der Waals surface area contributed by atoms with Crippen LogP contribution in [0.3, 0.4) is 0 Å². The van der Waals surface area contributed by atoms with E-state index in [0.717, 1.165) is 0 Å². The Morgan fingerprint density at radius 1 is 1.12 bits per heavy atom. The topological polar surface area (TPSA) is 83.1 Å². The zero-order valence-corrected chi connectivity index (χ0v) is 14.3. The fourth-order valence-electron chi connectivity index (χ4n) is 2.40. The Hall–Kier alpha value is -3.22. The van der Waals surface area contributed by atoms with Crippen LogP contribution in [0.4, 0.5) is 0 Å². The molecule has 1 aliphatic rings. The predicted molar refractivity (Wildman–Crippen MR) is 92.6 cm³/mol. The van der Waals surface area contributed by atoms with Crippen LogP contribution in [0.2, 0.25) is 0 Å². The second-order valence-electron chi connectivity index (χ2n) is 5.61. The molecule has 7 nitrogen and oxygen atoms in total. The van der Waals surface area contributed by atoms with E-state index < -0.39 is 5.97 Å². The molecule has 7 heteroatoms. The van der Waals surface area contributed by atoms with E-state index in [-0.39, 0.29) is 18.6 Å². The van der Waals surface area contributed by atoms with E-state index in [1.165, 1.54) is 7.11 Å². The first-order valence-corrected chi connectivity index (χ1v) is 8.12. The first kappa shape index (κ1) is 17.6. The number of ether oxygens (including phenoxy) is 4. The Bertz CT molecular complexity index is 774.